The van der Waals surface area contributed by atoms with Gasteiger partial charge in [-0.1, -0.05) is 31.1 Å². The second-order valence-electron chi connectivity index (χ2n) is 5.35. The van der Waals surface area contributed by atoms with Crippen molar-refractivity contribution in [2.75, 3.05) is 0 Å². The molecule has 0 bridgehead atoms. The molecule has 0 unspecified atom stereocenters. The minimum Gasteiger partial charge on any atom is -0.476 e. The SMILES string of the molecule is CC(C)(C)c1noc(Cn2nnc(C(=O)O)c2C(F)F)n1. The van der Waals surface area contributed by atoms with E-state index in [2.05, 4.69) is 20.5 Å². The van der Waals surface area contributed by atoms with Crippen molar-refractivity contribution >= 4 is 5.97 Å². The quantitative estimate of drug-likeness (QED) is 0.914. The number of carbonyl (C=O) groups is 1. The summed E-state index contributed by atoms with van der Waals surface area (Å²) in [5.41, 5.74) is -1.94. The van der Waals surface area contributed by atoms with E-state index >= 15 is 0 Å². The first kappa shape index (κ1) is 15.0. The van der Waals surface area contributed by atoms with Crippen LogP contribution in [0.25, 0.3) is 0 Å². The lowest BCUT2D eigenvalue weighted by Crippen LogP contribution is -2.14. The Morgan fingerprint density at radius 2 is 2.10 bits per heavy atom. The number of nitrogens with zero attached hydrogens (tertiary/aromatic N) is 5. The van der Waals surface area contributed by atoms with Crippen LogP contribution in [0.15, 0.2) is 4.52 Å². The molecule has 2 heterocycles. The molecule has 2 aromatic rings. The molecule has 2 rings (SSSR count). The van der Waals surface area contributed by atoms with E-state index in [-0.39, 0.29) is 17.9 Å². The Balaban J connectivity index is 2.32. The van der Waals surface area contributed by atoms with Gasteiger partial charge in [-0.3, -0.25) is 0 Å². The number of halogens is 2. The van der Waals surface area contributed by atoms with Crippen molar-refractivity contribution in [2.45, 2.75) is 39.2 Å². The third-order valence-electron chi connectivity index (χ3n) is 2.61. The molecule has 0 radical (unpaired) electrons. The smallest absolute Gasteiger partial charge is 0.358 e. The molecule has 0 spiro atoms. The van der Waals surface area contributed by atoms with Crippen molar-refractivity contribution < 1.29 is 23.2 Å². The van der Waals surface area contributed by atoms with Crippen LogP contribution in [0.2, 0.25) is 0 Å². The minimum absolute atomic E-state index is 0.0451. The van der Waals surface area contributed by atoms with Gasteiger partial charge in [0.15, 0.2) is 11.5 Å². The van der Waals surface area contributed by atoms with Gasteiger partial charge in [0.25, 0.3) is 6.43 Å². The largest absolute Gasteiger partial charge is 0.476 e. The molecule has 0 fully saturated rings. The van der Waals surface area contributed by atoms with Gasteiger partial charge in [0, 0.05) is 5.41 Å². The first-order chi connectivity index (χ1) is 9.70. The summed E-state index contributed by atoms with van der Waals surface area (Å²) in [4.78, 5) is 14.9. The second-order valence-corrected chi connectivity index (χ2v) is 5.35. The van der Waals surface area contributed by atoms with Crippen LogP contribution in [0.3, 0.4) is 0 Å². The standard InChI is InChI=1S/C11H13F2N5O3/c1-11(2,3)10-14-5(21-16-10)4-18-7(8(12)13)6(9(19)20)15-17-18/h8H,4H2,1-3H3,(H,19,20). The maximum atomic E-state index is 12.9. The Morgan fingerprint density at radius 1 is 1.43 bits per heavy atom. The number of rotatable bonds is 4. The molecule has 0 amide bonds. The molecule has 10 heteroatoms. The molecule has 0 atom stereocenters. The highest BCUT2D eigenvalue weighted by Crippen LogP contribution is 2.23. The predicted molar refractivity (Wildman–Crippen MR) is 64.0 cm³/mol. The van der Waals surface area contributed by atoms with Crippen molar-refractivity contribution in [1.82, 2.24) is 25.1 Å². The average molecular weight is 301 g/mol. The highest BCUT2D eigenvalue weighted by Gasteiger charge is 2.28. The van der Waals surface area contributed by atoms with Gasteiger partial charge in [0.2, 0.25) is 5.89 Å². The van der Waals surface area contributed by atoms with Crippen LogP contribution in [0.5, 0.6) is 0 Å². The summed E-state index contributed by atoms with van der Waals surface area (Å²) in [5, 5.41) is 19.2. The summed E-state index contributed by atoms with van der Waals surface area (Å²) in [5.74, 6) is -1.12. The fourth-order valence-electron chi connectivity index (χ4n) is 1.56. The minimum atomic E-state index is -3.03. The van der Waals surface area contributed by atoms with Crippen molar-refractivity contribution in [1.29, 1.82) is 0 Å². The Labute approximate surface area is 117 Å². The van der Waals surface area contributed by atoms with E-state index in [0.29, 0.717) is 5.82 Å². The summed E-state index contributed by atoms with van der Waals surface area (Å²) in [7, 11) is 0. The number of aromatic nitrogens is 5. The van der Waals surface area contributed by atoms with Gasteiger partial charge >= 0.3 is 5.97 Å². The van der Waals surface area contributed by atoms with Crippen LogP contribution >= 0.6 is 0 Å². The molecule has 8 nitrogen and oxygen atoms in total. The summed E-state index contributed by atoms with van der Waals surface area (Å²) in [6, 6.07) is 0. The van der Waals surface area contributed by atoms with Crippen LogP contribution in [0, 0.1) is 0 Å². The fourth-order valence-corrected chi connectivity index (χ4v) is 1.56. The number of hydrogen-bond acceptors (Lipinski definition) is 6. The van der Waals surface area contributed by atoms with E-state index in [0.717, 1.165) is 4.68 Å². The molecule has 0 aliphatic carbocycles. The van der Waals surface area contributed by atoms with Gasteiger partial charge in [-0.15, -0.1) is 5.10 Å². The number of alkyl halides is 2. The lowest BCUT2D eigenvalue weighted by atomic mass is 9.96. The Hall–Kier alpha value is -2.39. The van der Waals surface area contributed by atoms with E-state index in [1.165, 1.54) is 0 Å². The summed E-state index contributed by atoms with van der Waals surface area (Å²) >= 11 is 0. The van der Waals surface area contributed by atoms with Crippen LogP contribution in [0.4, 0.5) is 8.78 Å². The fraction of sp³-hybridized carbons (Fsp3) is 0.545. The molecule has 1 N–H and O–H groups in total. The van der Waals surface area contributed by atoms with Gasteiger partial charge in [-0.05, 0) is 0 Å². The van der Waals surface area contributed by atoms with Gasteiger partial charge in [0.1, 0.15) is 12.2 Å². The van der Waals surface area contributed by atoms with Gasteiger partial charge in [-0.2, -0.15) is 4.98 Å². The summed E-state index contributed by atoms with van der Waals surface area (Å²) in [6.45, 7) is 5.32. The molecule has 0 saturated carbocycles. The monoisotopic (exact) mass is 301 g/mol. The number of aromatic carboxylic acids is 1. The number of carboxylic acids is 1. The molecular formula is C11H13F2N5O3. The third kappa shape index (κ3) is 3.03. The van der Waals surface area contributed by atoms with Crippen LogP contribution in [-0.2, 0) is 12.0 Å². The van der Waals surface area contributed by atoms with E-state index in [4.69, 9.17) is 9.63 Å². The maximum Gasteiger partial charge on any atom is 0.358 e. The maximum absolute atomic E-state index is 12.9. The molecule has 21 heavy (non-hydrogen) atoms. The number of hydrogen-bond donors (Lipinski definition) is 1. The van der Waals surface area contributed by atoms with E-state index in [1.807, 2.05) is 20.8 Å². The summed E-state index contributed by atoms with van der Waals surface area (Å²) < 4.78 is 31.6. The molecule has 0 aromatic carbocycles. The van der Waals surface area contributed by atoms with Crippen molar-refractivity contribution in [3.8, 4) is 0 Å². The zero-order valence-corrected chi connectivity index (χ0v) is 11.5. The van der Waals surface area contributed by atoms with Crippen LogP contribution in [0.1, 0.15) is 55.1 Å². The molecule has 114 valence electrons. The lowest BCUT2D eigenvalue weighted by molar-refractivity contribution is 0.0675. The zero-order chi connectivity index (χ0) is 15.8. The van der Waals surface area contributed by atoms with Crippen molar-refractivity contribution in [2.24, 2.45) is 0 Å². The molecule has 2 aromatic heterocycles. The van der Waals surface area contributed by atoms with Crippen molar-refractivity contribution in [3.05, 3.63) is 23.1 Å². The van der Waals surface area contributed by atoms with Crippen LogP contribution in [-0.4, -0.2) is 36.2 Å². The van der Waals surface area contributed by atoms with Gasteiger partial charge < -0.3 is 9.63 Å². The Bertz CT molecular complexity index is 659. The molecule has 0 aliphatic heterocycles. The molecular weight excluding hydrogens is 288 g/mol. The van der Waals surface area contributed by atoms with Gasteiger partial charge in [-0.25, -0.2) is 18.3 Å². The topological polar surface area (TPSA) is 107 Å². The lowest BCUT2D eigenvalue weighted by Gasteiger charge is -2.10. The van der Waals surface area contributed by atoms with E-state index in [9.17, 15) is 13.6 Å². The third-order valence-corrected chi connectivity index (χ3v) is 2.61. The van der Waals surface area contributed by atoms with E-state index in [1.54, 1.807) is 0 Å². The normalized spacial score (nSPS) is 12.1. The molecule has 0 saturated heterocycles. The van der Waals surface area contributed by atoms with Crippen LogP contribution < -0.4 is 0 Å². The van der Waals surface area contributed by atoms with Gasteiger partial charge in [0.05, 0.1) is 0 Å². The number of carboxylic acid groups (broad SMARTS) is 1. The predicted octanol–water partition coefficient (Wildman–Crippen LogP) is 1.64. The average Bonchev–Trinajstić information content (AvgIpc) is 2.94. The first-order valence-corrected chi connectivity index (χ1v) is 5.98. The zero-order valence-electron chi connectivity index (χ0n) is 11.5. The van der Waals surface area contributed by atoms with Crippen molar-refractivity contribution in [3.63, 3.8) is 0 Å². The van der Waals surface area contributed by atoms with E-state index < -0.39 is 23.8 Å². The Kier molecular flexibility index (Phi) is 3.71. The second kappa shape index (κ2) is 5.19. The molecule has 0 aliphatic rings. The Morgan fingerprint density at radius 3 is 2.57 bits per heavy atom. The first-order valence-electron chi connectivity index (χ1n) is 5.98. The highest BCUT2D eigenvalue weighted by atomic mass is 19.3. The summed E-state index contributed by atoms with van der Waals surface area (Å²) in [6.07, 6.45) is -3.03. The highest BCUT2D eigenvalue weighted by molar-refractivity contribution is 5.86.